The van der Waals surface area contributed by atoms with Crippen LogP contribution in [0.25, 0.3) is 22.3 Å². The Morgan fingerprint density at radius 1 is 1.00 bits per heavy atom. The largest absolute Gasteiger partial charge is 0.494 e. The molecular weight excluding hydrogens is 628 g/mol. The highest BCUT2D eigenvalue weighted by Crippen LogP contribution is 2.39. The number of nitro groups is 1. The molecule has 12 nitrogen and oxygen atoms in total. The summed E-state index contributed by atoms with van der Waals surface area (Å²) in [4.78, 5) is 41.8. The molecule has 1 N–H and O–H groups in total. The molecule has 0 unspecified atom stereocenters. The van der Waals surface area contributed by atoms with Crippen LogP contribution in [-0.2, 0) is 6.61 Å². The van der Waals surface area contributed by atoms with Gasteiger partial charge in [0.15, 0.2) is 11.6 Å². The van der Waals surface area contributed by atoms with Crippen LogP contribution in [0.3, 0.4) is 0 Å². The van der Waals surface area contributed by atoms with Crippen LogP contribution in [0.5, 0.6) is 17.2 Å². The molecule has 5 rings (SSSR count). The van der Waals surface area contributed by atoms with E-state index in [9.17, 15) is 24.8 Å². The molecule has 0 saturated heterocycles. The number of aromatic carboxylic acids is 1. The number of aromatic nitrogens is 2. The Hall–Kier alpha value is -6.04. The Morgan fingerprint density at radius 3 is 2.43 bits per heavy atom. The van der Waals surface area contributed by atoms with Crippen LogP contribution in [0.2, 0.25) is 0 Å². The lowest BCUT2D eigenvalue weighted by atomic mass is 9.96. The standard InChI is InChI=1S/C37H36N4O8/c1-6-47-32-15-23(5)29(19-28(32)22(3)4)35-39-30-14-9-8-13-27(30)36(42)40(35)38-20-25-17-31(41(45)46)34(33(18-25)48-7-2)49-21-24-11-10-12-26(16-24)37(43)44/h8-20,22H,6-7,21H2,1-5H3,(H,43,44). The summed E-state index contributed by atoms with van der Waals surface area (Å²) < 4.78 is 18.7. The van der Waals surface area contributed by atoms with Crippen molar-refractivity contribution in [3.05, 3.63) is 121 Å². The van der Waals surface area contributed by atoms with E-state index in [2.05, 4.69) is 18.9 Å². The third kappa shape index (κ3) is 7.43. The predicted octanol–water partition coefficient (Wildman–Crippen LogP) is 7.36. The van der Waals surface area contributed by atoms with Crippen molar-refractivity contribution in [2.75, 3.05) is 13.2 Å². The summed E-state index contributed by atoms with van der Waals surface area (Å²) in [6, 6.07) is 19.8. The molecule has 0 saturated carbocycles. The first kappa shape index (κ1) is 34.3. The molecule has 0 fully saturated rings. The number of ether oxygens (including phenoxy) is 3. The zero-order valence-corrected chi connectivity index (χ0v) is 27.8. The number of fused-ring (bicyclic) bond motifs is 1. The molecule has 0 aliphatic carbocycles. The van der Waals surface area contributed by atoms with E-state index in [0.717, 1.165) is 16.9 Å². The Morgan fingerprint density at radius 2 is 1.73 bits per heavy atom. The van der Waals surface area contributed by atoms with Gasteiger partial charge < -0.3 is 19.3 Å². The first-order valence-corrected chi connectivity index (χ1v) is 15.8. The second-order valence-corrected chi connectivity index (χ2v) is 11.5. The molecule has 0 aliphatic heterocycles. The summed E-state index contributed by atoms with van der Waals surface area (Å²) in [7, 11) is 0. The molecule has 4 aromatic carbocycles. The summed E-state index contributed by atoms with van der Waals surface area (Å²) >= 11 is 0. The number of nitrogens with zero attached hydrogens (tertiary/aromatic N) is 4. The minimum atomic E-state index is -1.10. The van der Waals surface area contributed by atoms with Crippen molar-refractivity contribution in [2.45, 2.75) is 47.1 Å². The van der Waals surface area contributed by atoms with E-state index in [0.29, 0.717) is 34.5 Å². The topological polar surface area (TPSA) is 155 Å². The molecule has 49 heavy (non-hydrogen) atoms. The molecule has 1 aromatic heterocycles. The molecule has 0 bridgehead atoms. The Balaban J connectivity index is 1.63. The van der Waals surface area contributed by atoms with Crippen LogP contribution >= 0.6 is 0 Å². The van der Waals surface area contributed by atoms with Crippen molar-refractivity contribution >= 4 is 28.8 Å². The summed E-state index contributed by atoms with van der Waals surface area (Å²) in [5.74, 6) is 0.0229. The summed E-state index contributed by atoms with van der Waals surface area (Å²) in [6.07, 6.45) is 1.34. The summed E-state index contributed by atoms with van der Waals surface area (Å²) in [6.45, 7) is 10.2. The second-order valence-electron chi connectivity index (χ2n) is 11.5. The fraction of sp³-hybridized carbons (Fsp3) is 0.243. The number of rotatable bonds is 13. The number of nitro benzene ring substituents is 1. The van der Waals surface area contributed by atoms with Crippen molar-refractivity contribution in [2.24, 2.45) is 5.10 Å². The van der Waals surface area contributed by atoms with Gasteiger partial charge in [-0.05, 0) is 85.8 Å². The average molecular weight is 665 g/mol. The van der Waals surface area contributed by atoms with Crippen LogP contribution < -0.4 is 19.8 Å². The maximum absolute atomic E-state index is 13.9. The number of para-hydroxylation sites is 1. The Kier molecular flexibility index (Phi) is 10.4. The van der Waals surface area contributed by atoms with E-state index in [1.165, 1.54) is 35.2 Å². The Labute approximate surface area is 282 Å². The van der Waals surface area contributed by atoms with E-state index in [1.54, 1.807) is 43.3 Å². The molecule has 0 amide bonds. The molecule has 0 spiro atoms. The van der Waals surface area contributed by atoms with Gasteiger partial charge in [0.2, 0.25) is 5.75 Å². The number of carboxylic acid groups (broad SMARTS) is 1. The fourth-order valence-electron chi connectivity index (χ4n) is 5.38. The van der Waals surface area contributed by atoms with Crippen LogP contribution in [0, 0.1) is 17.0 Å². The maximum atomic E-state index is 13.9. The van der Waals surface area contributed by atoms with Crippen LogP contribution in [0.4, 0.5) is 5.69 Å². The van der Waals surface area contributed by atoms with Gasteiger partial charge in [0.05, 0.1) is 40.8 Å². The van der Waals surface area contributed by atoms with Crippen molar-refractivity contribution in [1.29, 1.82) is 0 Å². The highest BCUT2D eigenvalue weighted by atomic mass is 16.6. The predicted molar refractivity (Wildman–Crippen MR) is 186 cm³/mol. The molecule has 0 radical (unpaired) electrons. The molecular formula is C37H36N4O8. The lowest BCUT2D eigenvalue weighted by molar-refractivity contribution is -0.386. The third-order valence-electron chi connectivity index (χ3n) is 7.71. The van der Waals surface area contributed by atoms with E-state index in [4.69, 9.17) is 19.2 Å². The van der Waals surface area contributed by atoms with E-state index < -0.39 is 22.1 Å². The molecule has 0 aliphatic rings. The number of benzene rings is 4. The smallest absolute Gasteiger partial charge is 0.335 e. The third-order valence-corrected chi connectivity index (χ3v) is 7.71. The van der Waals surface area contributed by atoms with Gasteiger partial charge in [0.1, 0.15) is 12.4 Å². The zero-order chi connectivity index (χ0) is 35.2. The number of carboxylic acids is 1. The van der Waals surface area contributed by atoms with Crippen molar-refractivity contribution < 1.29 is 29.0 Å². The van der Waals surface area contributed by atoms with Gasteiger partial charge in [-0.3, -0.25) is 14.9 Å². The number of carbonyl (C=O) groups is 1. The van der Waals surface area contributed by atoms with Gasteiger partial charge in [-0.25, -0.2) is 9.78 Å². The fourth-order valence-corrected chi connectivity index (χ4v) is 5.38. The van der Waals surface area contributed by atoms with Gasteiger partial charge >= 0.3 is 11.7 Å². The maximum Gasteiger partial charge on any atom is 0.335 e. The molecule has 0 atom stereocenters. The molecule has 252 valence electrons. The van der Waals surface area contributed by atoms with Crippen LogP contribution in [0.15, 0.2) is 82.7 Å². The van der Waals surface area contributed by atoms with E-state index >= 15 is 0 Å². The molecule has 1 heterocycles. The average Bonchev–Trinajstić information content (AvgIpc) is 3.07. The second kappa shape index (κ2) is 14.8. The Bertz CT molecular complexity index is 2140. The van der Waals surface area contributed by atoms with Crippen molar-refractivity contribution in [3.8, 4) is 28.6 Å². The normalized spacial score (nSPS) is 11.3. The van der Waals surface area contributed by atoms with Crippen molar-refractivity contribution in [1.82, 2.24) is 9.66 Å². The first-order chi connectivity index (χ1) is 23.5. The summed E-state index contributed by atoms with van der Waals surface area (Å²) in [5.41, 5.74) is 2.98. The SMILES string of the molecule is CCOc1cc(C)c(-c2nc3ccccc3c(=O)n2N=Cc2cc(OCC)c(OCc3cccc(C(=O)O)c3)c([N+](=O)[O-])c2)cc1C(C)C. The molecule has 12 heteroatoms. The quantitative estimate of drug-likeness (QED) is 0.0772. The van der Waals surface area contributed by atoms with Gasteiger partial charge in [0.25, 0.3) is 5.56 Å². The lowest BCUT2D eigenvalue weighted by Crippen LogP contribution is -2.21. The van der Waals surface area contributed by atoms with Gasteiger partial charge in [-0.15, -0.1) is 0 Å². The van der Waals surface area contributed by atoms with Gasteiger partial charge in [0, 0.05) is 17.2 Å². The van der Waals surface area contributed by atoms with Gasteiger partial charge in [-0.2, -0.15) is 9.78 Å². The first-order valence-electron chi connectivity index (χ1n) is 15.8. The van der Waals surface area contributed by atoms with E-state index in [1.807, 2.05) is 26.0 Å². The number of hydrogen-bond acceptors (Lipinski definition) is 9. The highest BCUT2D eigenvalue weighted by Gasteiger charge is 2.24. The highest BCUT2D eigenvalue weighted by molar-refractivity contribution is 5.88. The van der Waals surface area contributed by atoms with Crippen LogP contribution in [-0.4, -0.2) is 45.1 Å². The van der Waals surface area contributed by atoms with Gasteiger partial charge in [-0.1, -0.05) is 38.1 Å². The monoisotopic (exact) mass is 664 g/mol. The number of hydrogen-bond donors (Lipinski definition) is 1. The lowest BCUT2D eigenvalue weighted by Gasteiger charge is -2.18. The molecule has 5 aromatic rings. The van der Waals surface area contributed by atoms with E-state index in [-0.39, 0.29) is 41.8 Å². The zero-order valence-electron chi connectivity index (χ0n) is 27.8. The van der Waals surface area contributed by atoms with Crippen molar-refractivity contribution in [3.63, 3.8) is 0 Å². The number of aryl methyl sites for hydroxylation is 1. The minimum absolute atomic E-state index is 0.0610. The van der Waals surface area contributed by atoms with Crippen LogP contribution in [0.1, 0.15) is 66.2 Å². The summed E-state index contributed by atoms with van der Waals surface area (Å²) in [5, 5.41) is 26.5. The minimum Gasteiger partial charge on any atom is -0.494 e.